The summed E-state index contributed by atoms with van der Waals surface area (Å²) in [5.41, 5.74) is 1.29. The molecule has 0 radical (unpaired) electrons. The summed E-state index contributed by atoms with van der Waals surface area (Å²) in [6, 6.07) is 0. The highest BCUT2D eigenvalue weighted by atomic mass is 35.5. The first-order valence-corrected chi connectivity index (χ1v) is 6.87. The van der Waals surface area contributed by atoms with E-state index in [9.17, 15) is 4.79 Å². The third-order valence-electron chi connectivity index (χ3n) is 3.60. The zero-order valence-corrected chi connectivity index (χ0v) is 11.2. The molecule has 2 aromatic rings. The average Bonchev–Trinajstić information content (AvgIpc) is 3.02. The van der Waals surface area contributed by atoms with E-state index in [4.69, 9.17) is 11.6 Å². The first-order valence-electron chi connectivity index (χ1n) is 6.43. The topological polar surface area (TPSA) is 59.3 Å². The lowest BCUT2D eigenvalue weighted by molar-refractivity contribution is 0.0949. The molecule has 2 unspecified atom stereocenters. The minimum atomic E-state index is -0.0963. The predicted octanol–water partition coefficient (Wildman–Crippen LogP) is 1.87. The van der Waals surface area contributed by atoms with Crippen LogP contribution >= 0.6 is 11.6 Å². The summed E-state index contributed by atoms with van der Waals surface area (Å²) in [5.74, 6) is 0.396. The van der Waals surface area contributed by atoms with Crippen molar-refractivity contribution in [3.8, 4) is 0 Å². The van der Waals surface area contributed by atoms with Crippen molar-refractivity contribution < 1.29 is 4.79 Å². The Balaban J connectivity index is 1.67. The molecule has 100 valence electrons. The largest absolute Gasteiger partial charge is 0.352 e. The quantitative estimate of drug-likeness (QED) is 0.872. The van der Waals surface area contributed by atoms with Crippen LogP contribution in [0.25, 0.3) is 5.52 Å². The summed E-state index contributed by atoms with van der Waals surface area (Å²) in [6.07, 6.45) is 9.70. The van der Waals surface area contributed by atoms with Crippen LogP contribution in [0, 0.1) is 5.92 Å². The Hall–Kier alpha value is -1.62. The molecule has 5 nitrogen and oxygen atoms in total. The van der Waals surface area contributed by atoms with Crippen LogP contribution in [0.1, 0.15) is 29.6 Å². The SMILES string of the molecule is O=C(NCC1CCC(Cl)C1)c1cnn2ccncc12. The van der Waals surface area contributed by atoms with Gasteiger partial charge in [0.2, 0.25) is 0 Å². The van der Waals surface area contributed by atoms with Crippen LogP contribution in [0.2, 0.25) is 0 Å². The minimum absolute atomic E-state index is 0.0963. The van der Waals surface area contributed by atoms with Crippen LogP contribution in [0.3, 0.4) is 0 Å². The molecule has 1 amide bonds. The number of nitrogens with one attached hydrogen (secondary N) is 1. The lowest BCUT2D eigenvalue weighted by atomic mass is 10.1. The van der Waals surface area contributed by atoms with Gasteiger partial charge in [-0.2, -0.15) is 5.10 Å². The van der Waals surface area contributed by atoms with Gasteiger partial charge in [-0.1, -0.05) is 0 Å². The van der Waals surface area contributed by atoms with Crippen molar-refractivity contribution in [3.05, 3.63) is 30.4 Å². The van der Waals surface area contributed by atoms with Crippen LogP contribution in [-0.2, 0) is 0 Å². The molecule has 1 N–H and O–H groups in total. The maximum Gasteiger partial charge on any atom is 0.255 e. The van der Waals surface area contributed by atoms with Gasteiger partial charge in [-0.3, -0.25) is 9.78 Å². The number of nitrogens with zero attached hydrogens (tertiary/aromatic N) is 3. The number of carbonyl (C=O) groups excluding carboxylic acids is 1. The molecule has 1 fully saturated rings. The molecule has 0 spiro atoms. The number of carbonyl (C=O) groups is 1. The number of alkyl halides is 1. The zero-order chi connectivity index (χ0) is 13.2. The summed E-state index contributed by atoms with van der Waals surface area (Å²) in [4.78, 5) is 16.2. The van der Waals surface area contributed by atoms with Crippen LogP contribution in [0.5, 0.6) is 0 Å². The molecule has 3 rings (SSSR count). The number of halogens is 1. The Kier molecular flexibility index (Phi) is 3.38. The average molecular weight is 279 g/mol. The fourth-order valence-electron chi connectivity index (χ4n) is 2.54. The van der Waals surface area contributed by atoms with E-state index in [1.165, 1.54) is 0 Å². The second-order valence-corrected chi connectivity index (χ2v) is 5.57. The smallest absolute Gasteiger partial charge is 0.255 e. The van der Waals surface area contributed by atoms with E-state index in [0.29, 0.717) is 18.0 Å². The van der Waals surface area contributed by atoms with Gasteiger partial charge in [0.25, 0.3) is 5.91 Å². The van der Waals surface area contributed by atoms with Crippen LogP contribution < -0.4 is 5.32 Å². The van der Waals surface area contributed by atoms with Crippen molar-refractivity contribution in [2.45, 2.75) is 24.6 Å². The Bertz CT molecular complexity index is 597. The third-order valence-corrected chi connectivity index (χ3v) is 3.99. The molecule has 1 aliphatic rings. The fraction of sp³-hybridized carbons (Fsp3) is 0.462. The van der Waals surface area contributed by atoms with Crippen LogP contribution in [0.4, 0.5) is 0 Å². The number of aromatic nitrogens is 3. The zero-order valence-electron chi connectivity index (χ0n) is 10.4. The Morgan fingerprint density at radius 2 is 2.37 bits per heavy atom. The highest BCUT2D eigenvalue weighted by Crippen LogP contribution is 2.28. The minimum Gasteiger partial charge on any atom is -0.352 e. The molecule has 6 heteroatoms. The summed E-state index contributed by atoms with van der Waals surface area (Å²) < 4.78 is 1.65. The van der Waals surface area contributed by atoms with E-state index in [1.54, 1.807) is 29.3 Å². The lowest BCUT2D eigenvalue weighted by Crippen LogP contribution is -2.28. The standard InChI is InChI=1S/C13H15ClN4O/c14-10-2-1-9(5-10)6-16-13(19)11-7-17-18-4-3-15-8-12(11)18/h3-4,7-10H,1-2,5-6H2,(H,16,19). The summed E-state index contributed by atoms with van der Waals surface area (Å²) in [6.45, 7) is 0.680. The summed E-state index contributed by atoms with van der Waals surface area (Å²) >= 11 is 6.07. The van der Waals surface area contributed by atoms with E-state index < -0.39 is 0 Å². The maximum atomic E-state index is 12.1. The summed E-state index contributed by atoms with van der Waals surface area (Å²) in [5, 5.41) is 7.35. The lowest BCUT2D eigenvalue weighted by Gasteiger charge is -2.10. The first-order chi connectivity index (χ1) is 9.24. The second-order valence-electron chi connectivity index (χ2n) is 4.95. The number of rotatable bonds is 3. The third kappa shape index (κ3) is 2.56. The molecule has 2 atom stereocenters. The molecule has 19 heavy (non-hydrogen) atoms. The Morgan fingerprint density at radius 3 is 3.16 bits per heavy atom. The summed E-state index contributed by atoms with van der Waals surface area (Å²) in [7, 11) is 0. The monoisotopic (exact) mass is 278 g/mol. The highest BCUT2D eigenvalue weighted by Gasteiger charge is 2.23. The van der Waals surface area contributed by atoms with E-state index in [0.717, 1.165) is 24.8 Å². The van der Waals surface area contributed by atoms with Crippen molar-refractivity contribution in [2.24, 2.45) is 5.92 Å². The van der Waals surface area contributed by atoms with Gasteiger partial charge in [-0.05, 0) is 25.2 Å². The van der Waals surface area contributed by atoms with Crippen molar-refractivity contribution in [3.63, 3.8) is 0 Å². The molecule has 2 heterocycles. The number of hydrogen-bond donors (Lipinski definition) is 1. The molecule has 0 bridgehead atoms. The van der Waals surface area contributed by atoms with Gasteiger partial charge in [-0.25, -0.2) is 4.52 Å². The van der Waals surface area contributed by atoms with Crippen LogP contribution in [0.15, 0.2) is 24.8 Å². The normalized spacial score (nSPS) is 22.8. The van der Waals surface area contributed by atoms with Crippen molar-refractivity contribution in [1.82, 2.24) is 19.9 Å². The van der Waals surface area contributed by atoms with Crippen LogP contribution in [-0.4, -0.2) is 32.4 Å². The van der Waals surface area contributed by atoms with Gasteiger partial charge in [0.05, 0.1) is 23.5 Å². The molecule has 0 aromatic carbocycles. The predicted molar refractivity (Wildman–Crippen MR) is 72.3 cm³/mol. The number of hydrogen-bond acceptors (Lipinski definition) is 3. The molecule has 1 aliphatic carbocycles. The first kappa shape index (κ1) is 12.4. The van der Waals surface area contributed by atoms with Gasteiger partial charge < -0.3 is 5.32 Å². The van der Waals surface area contributed by atoms with Gasteiger partial charge in [0, 0.05) is 24.3 Å². The Labute approximate surface area is 116 Å². The Morgan fingerprint density at radius 1 is 1.47 bits per heavy atom. The highest BCUT2D eigenvalue weighted by molar-refractivity contribution is 6.20. The molecular formula is C13H15ClN4O. The van der Waals surface area contributed by atoms with E-state index in [2.05, 4.69) is 15.4 Å². The molecule has 1 saturated carbocycles. The molecule has 2 aromatic heterocycles. The fourth-order valence-corrected chi connectivity index (χ4v) is 2.92. The number of amides is 1. The van der Waals surface area contributed by atoms with E-state index in [-0.39, 0.29) is 11.3 Å². The van der Waals surface area contributed by atoms with Crippen molar-refractivity contribution in [1.29, 1.82) is 0 Å². The van der Waals surface area contributed by atoms with Gasteiger partial charge >= 0.3 is 0 Å². The van der Waals surface area contributed by atoms with Crippen molar-refractivity contribution in [2.75, 3.05) is 6.54 Å². The van der Waals surface area contributed by atoms with Gasteiger partial charge in [0.15, 0.2) is 0 Å². The molecule has 0 aliphatic heterocycles. The van der Waals surface area contributed by atoms with Gasteiger partial charge in [-0.15, -0.1) is 11.6 Å². The second kappa shape index (κ2) is 5.17. The molecular weight excluding hydrogens is 264 g/mol. The van der Waals surface area contributed by atoms with Gasteiger partial charge in [0.1, 0.15) is 0 Å². The number of fused-ring (bicyclic) bond motifs is 1. The maximum absolute atomic E-state index is 12.1. The van der Waals surface area contributed by atoms with Crippen molar-refractivity contribution >= 4 is 23.0 Å². The van der Waals surface area contributed by atoms with E-state index in [1.807, 2.05) is 0 Å². The van der Waals surface area contributed by atoms with E-state index >= 15 is 0 Å². The molecule has 0 saturated heterocycles.